The van der Waals surface area contributed by atoms with Gasteiger partial charge < -0.3 is 15.2 Å². The maximum absolute atomic E-state index is 9.36. The second kappa shape index (κ2) is 5.92. The van der Waals surface area contributed by atoms with Gasteiger partial charge in [-0.25, -0.2) is 0 Å². The third kappa shape index (κ3) is 3.63. The van der Waals surface area contributed by atoms with Gasteiger partial charge in [0.05, 0.1) is 19.4 Å². The molecule has 0 fully saturated rings. The van der Waals surface area contributed by atoms with Crippen molar-refractivity contribution in [2.24, 2.45) is 5.41 Å². The van der Waals surface area contributed by atoms with Crippen LogP contribution in [0.4, 0.5) is 5.69 Å². The molecule has 0 aliphatic carbocycles. The second-order valence-corrected chi connectivity index (χ2v) is 4.88. The highest BCUT2D eigenvalue weighted by atomic mass is 16.5. The molecule has 1 atom stereocenters. The molecule has 0 spiro atoms. The van der Waals surface area contributed by atoms with Crippen LogP contribution in [0.2, 0.25) is 0 Å². The number of benzene rings is 1. The predicted molar refractivity (Wildman–Crippen MR) is 71.7 cm³/mol. The lowest BCUT2D eigenvalue weighted by atomic mass is 9.88. The Labute approximate surface area is 104 Å². The number of ether oxygens (including phenoxy) is 1. The van der Waals surface area contributed by atoms with Crippen molar-refractivity contribution in [3.63, 3.8) is 0 Å². The highest BCUT2D eigenvalue weighted by Gasteiger charge is 2.21. The Morgan fingerprint density at radius 3 is 2.65 bits per heavy atom. The average Bonchev–Trinajstić information content (AvgIpc) is 2.36. The Bertz CT molecular complexity index is 359. The maximum Gasteiger partial charge on any atom is 0.142 e. The van der Waals surface area contributed by atoms with Crippen LogP contribution >= 0.6 is 0 Å². The first-order chi connectivity index (χ1) is 8.04. The van der Waals surface area contributed by atoms with Crippen LogP contribution in [0.5, 0.6) is 5.75 Å². The Kier molecular flexibility index (Phi) is 4.82. The second-order valence-electron chi connectivity index (χ2n) is 4.88. The first-order valence-electron chi connectivity index (χ1n) is 6.04. The van der Waals surface area contributed by atoms with E-state index in [1.807, 2.05) is 25.1 Å². The Hall–Kier alpha value is -1.22. The smallest absolute Gasteiger partial charge is 0.142 e. The minimum atomic E-state index is -0.0874. The van der Waals surface area contributed by atoms with Crippen molar-refractivity contribution in [2.75, 3.05) is 25.6 Å². The molecule has 1 aromatic carbocycles. The predicted octanol–water partition coefficient (Wildman–Crippen LogP) is 2.82. The summed E-state index contributed by atoms with van der Waals surface area (Å²) in [5, 5.41) is 12.7. The zero-order valence-corrected chi connectivity index (χ0v) is 11.2. The SMILES string of the molecule is CCC(C)(CO)CNc1ccc(C)cc1OC. The summed E-state index contributed by atoms with van der Waals surface area (Å²) < 4.78 is 5.33. The van der Waals surface area contributed by atoms with Gasteiger partial charge in [0.15, 0.2) is 0 Å². The Morgan fingerprint density at radius 1 is 1.41 bits per heavy atom. The van der Waals surface area contributed by atoms with Crippen molar-refractivity contribution in [2.45, 2.75) is 27.2 Å². The van der Waals surface area contributed by atoms with Crippen molar-refractivity contribution in [1.82, 2.24) is 0 Å². The van der Waals surface area contributed by atoms with E-state index in [0.29, 0.717) is 0 Å². The van der Waals surface area contributed by atoms with Crippen LogP contribution in [-0.4, -0.2) is 25.4 Å². The summed E-state index contributed by atoms with van der Waals surface area (Å²) >= 11 is 0. The minimum absolute atomic E-state index is 0.0874. The molecule has 0 saturated heterocycles. The molecule has 2 N–H and O–H groups in total. The zero-order valence-electron chi connectivity index (χ0n) is 11.2. The molecule has 1 rings (SSSR count). The summed E-state index contributed by atoms with van der Waals surface area (Å²) in [6, 6.07) is 6.07. The number of nitrogens with one attached hydrogen (secondary N) is 1. The number of rotatable bonds is 6. The van der Waals surface area contributed by atoms with Crippen molar-refractivity contribution in [3.8, 4) is 5.75 Å². The normalized spacial score (nSPS) is 14.2. The molecule has 96 valence electrons. The lowest BCUT2D eigenvalue weighted by Gasteiger charge is -2.26. The van der Waals surface area contributed by atoms with Gasteiger partial charge in [-0.05, 0) is 31.0 Å². The maximum atomic E-state index is 9.36. The number of aliphatic hydroxyl groups excluding tert-OH is 1. The summed E-state index contributed by atoms with van der Waals surface area (Å²) in [6.07, 6.45) is 0.935. The van der Waals surface area contributed by atoms with Gasteiger partial charge in [-0.3, -0.25) is 0 Å². The van der Waals surface area contributed by atoms with Crippen LogP contribution in [0.25, 0.3) is 0 Å². The monoisotopic (exact) mass is 237 g/mol. The number of aryl methyl sites for hydroxylation is 1. The van der Waals surface area contributed by atoms with Gasteiger partial charge in [0.25, 0.3) is 0 Å². The van der Waals surface area contributed by atoms with E-state index in [9.17, 15) is 5.11 Å². The van der Waals surface area contributed by atoms with Gasteiger partial charge in [-0.1, -0.05) is 19.9 Å². The molecule has 17 heavy (non-hydrogen) atoms. The van der Waals surface area contributed by atoms with Crippen LogP contribution in [0.3, 0.4) is 0 Å². The highest BCUT2D eigenvalue weighted by Crippen LogP contribution is 2.27. The number of anilines is 1. The van der Waals surface area contributed by atoms with Crippen LogP contribution < -0.4 is 10.1 Å². The quantitative estimate of drug-likeness (QED) is 0.799. The van der Waals surface area contributed by atoms with Gasteiger partial charge in [-0.15, -0.1) is 0 Å². The first-order valence-corrected chi connectivity index (χ1v) is 6.04. The third-order valence-corrected chi connectivity index (χ3v) is 3.30. The van der Waals surface area contributed by atoms with Crippen LogP contribution in [0.15, 0.2) is 18.2 Å². The summed E-state index contributed by atoms with van der Waals surface area (Å²) in [5.74, 6) is 0.849. The lowest BCUT2D eigenvalue weighted by molar-refractivity contribution is 0.149. The molecule has 1 unspecified atom stereocenters. The van der Waals surface area contributed by atoms with Crippen LogP contribution in [0, 0.1) is 12.3 Å². The Balaban J connectivity index is 2.75. The molecule has 0 amide bonds. The van der Waals surface area contributed by atoms with E-state index in [-0.39, 0.29) is 12.0 Å². The topological polar surface area (TPSA) is 41.5 Å². The minimum Gasteiger partial charge on any atom is -0.495 e. The van der Waals surface area contributed by atoms with E-state index in [1.54, 1.807) is 7.11 Å². The van der Waals surface area contributed by atoms with E-state index in [4.69, 9.17) is 4.74 Å². The lowest BCUT2D eigenvalue weighted by Crippen LogP contribution is -2.29. The van der Waals surface area contributed by atoms with Crippen molar-refractivity contribution >= 4 is 5.69 Å². The molecule has 0 aliphatic heterocycles. The average molecular weight is 237 g/mol. The molecular formula is C14H23NO2. The molecule has 3 heteroatoms. The molecule has 0 aromatic heterocycles. The van der Waals surface area contributed by atoms with Gasteiger partial charge in [-0.2, -0.15) is 0 Å². The zero-order chi connectivity index (χ0) is 12.9. The molecule has 3 nitrogen and oxygen atoms in total. The highest BCUT2D eigenvalue weighted by molar-refractivity contribution is 5.57. The van der Waals surface area contributed by atoms with Gasteiger partial charge in [0, 0.05) is 12.0 Å². The van der Waals surface area contributed by atoms with E-state index in [2.05, 4.69) is 19.2 Å². The Morgan fingerprint density at radius 2 is 2.12 bits per heavy atom. The number of hydrogen-bond donors (Lipinski definition) is 2. The summed E-state index contributed by atoms with van der Waals surface area (Å²) in [4.78, 5) is 0. The molecule has 0 radical (unpaired) electrons. The fourth-order valence-corrected chi connectivity index (χ4v) is 1.55. The molecule has 0 saturated carbocycles. The molecule has 0 aliphatic rings. The van der Waals surface area contributed by atoms with E-state index in [0.717, 1.165) is 24.4 Å². The standard InChI is InChI=1S/C14H23NO2/c1-5-14(3,10-16)9-15-12-7-6-11(2)8-13(12)17-4/h6-8,15-16H,5,9-10H2,1-4H3. The summed E-state index contributed by atoms with van der Waals surface area (Å²) in [6.45, 7) is 7.12. The van der Waals surface area contributed by atoms with Crippen molar-refractivity contribution < 1.29 is 9.84 Å². The van der Waals surface area contributed by atoms with Crippen molar-refractivity contribution in [1.29, 1.82) is 0 Å². The first kappa shape index (κ1) is 13.8. The van der Waals surface area contributed by atoms with Gasteiger partial charge in [0.1, 0.15) is 5.75 Å². The fraction of sp³-hybridized carbons (Fsp3) is 0.571. The van der Waals surface area contributed by atoms with Crippen LogP contribution in [-0.2, 0) is 0 Å². The van der Waals surface area contributed by atoms with Gasteiger partial charge in [0.2, 0.25) is 0 Å². The molecule has 0 heterocycles. The number of methoxy groups -OCH3 is 1. The summed E-state index contributed by atoms with van der Waals surface area (Å²) in [7, 11) is 1.67. The van der Waals surface area contributed by atoms with Crippen molar-refractivity contribution in [3.05, 3.63) is 23.8 Å². The molecule has 0 bridgehead atoms. The van der Waals surface area contributed by atoms with E-state index in [1.165, 1.54) is 5.56 Å². The third-order valence-electron chi connectivity index (χ3n) is 3.30. The van der Waals surface area contributed by atoms with Crippen LogP contribution in [0.1, 0.15) is 25.8 Å². The van der Waals surface area contributed by atoms with Gasteiger partial charge >= 0.3 is 0 Å². The fourth-order valence-electron chi connectivity index (χ4n) is 1.55. The van der Waals surface area contributed by atoms with E-state index >= 15 is 0 Å². The number of hydrogen-bond acceptors (Lipinski definition) is 3. The molecule has 1 aromatic rings. The largest absolute Gasteiger partial charge is 0.495 e. The number of aliphatic hydroxyl groups is 1. The summed E-state index contributed by atoms with van der Waals surface area (Å²) in [5.41, 5.74) is 2.06. The molecular weight excluding hydrogens is 214 g/mol. The van der Waals surface area contributed by atoms with E-state index < -0.39 is 0 Å².